The zero-order chi connectivity index (χ0) is 21.8. The third kappa shape index (κ3) is 5.94. The first-order valence-corrected chi connectivity index (χ1v) is 10.9. The lowest BCUT2D eigenvalue weighted by atomic mass is 10.2. The normalized spacial score (nSPS) is 12.0. The van der Waals surface area contributed by atoms with E-state index >= 15 is 0 Å². The van der Waals surface area contributed by atoms with E-state index in [4.69, 9.17) is 4.74 Å². The van der Waals surface area contributed by atoms with E-state index in [1.165, 1.54) is 39.2 Å². The number of hydrogen-bond donors (Lipinski definition) is 3. The van der Waals surface area contributed by atoms with E-state index < -0.39 is 22.0 Å². The van der Waals surface area contributed by atoms with E-state index in [9.17, 15) is 18.0 Å². The van der Waals surface area contributed by atoms with Crippen LogP contribution in [0.2, 0.25) is 0 Å². The number of anilines is 2. The molecule has 0 aliphatic heterocycles. The Morgan fingerprint density at radius 1 is 1.14 bits per heavy atom. The van der Waals surface area contributed by atoms with Gasteiger partial charge >= 0.3 is 0 Å². The summed E-state index contributed by atoms with van der Waals surface area (Å²) in [5.41, 5.74) is 1.50. The monoisotopic (exact) mass is 483 g/mol. The highest BCUT2D eigenvalue weighted by atomic mass is 79.9. The highest BCUT2D eigenvalue weighted by Gasteiger charge is 2.22. The van der Waals surface area contributed by atoms with E-state index in [0.717, 1.165) is 5.56 Å². The minimum atomic E-state index is -4.02. The number of hydrogen-bond acceptors (Lipinski definition) is 5. The molecular weight excluding hydrogens is 462 g/mol. The van der Waals surface area contributed by atoms with Gasteiger partial charge < -0.3 is 15.4 Å². The number of halogens is 1. The number of carbonyl (C=O) groups is 2. The van der Waals surface area contributed by atoms with Crippen LogP contribution in [0.3, 0.4) is 0 Å². The first-order valence-electron chi connectivity index (χ1n) is 8.58. The summed E-state index contributed by atoms with van der Waals surface area (Å²) in [5.74, 6) is -0.712. The molecule has 0 radical (unpaired) electrons. The maximum Gasteiger partial charge on any atom is 0.265 e. The maximum absolute atomic E-state index is 13.0. The molecule has 0 aliphatic carbocycles. The zero-order valence-electron chi connectivity index (χ0n) is 16.4. The second-order valence-corrected chi connectivity index (χ2v) is 8.87. The molecule has 3 N–H and O–H groups in total. The van der Waals surface area contributed by atoms with Crippen molar-refractivity contribution in [2.45, 2.75) is 31.7 Å². The quantitative estimate of drug-likeness (QED) is 0.559. The molecule has 2 aromatic carbocycles. The Labute approximate surface area is 178 Å². The average molecular weight is 484 g/mol. The van der Waals surface area contributed by atoms with Gasteiger partial charge in [0.05, 0.1) is 12.8 Å². The highest BCUT2D eigenvalue weighted by Crippen LogP contribution is 2.31. The topological polar surface area (TPSA) is 114 Å². The molecule has 10 heteroatoms. The molecule has 0 aromatic heterocycles. The van der Waals surface area contributed by atoms with Crippen LogP contribution in [-0.2, 0) is 19.6 Å². The molecular formula is C19H22BrN3O5S. The zero-order valence-corrected chi connectivity index (χ0v) is 18.8. The number of methoxy groups -OCH3 is 1. The number of sulfonamides is 1. The van der Waals surface area contributed by atoms with Crippen LogP contribution in [0.1, 0.15) is 19.4 Å². The third-order valence-corrected chi connectivity index (χ3v) is 5.98. The molecule has 1 unspecified atom stereocenters. The Morgan fingerprint density at radius 2 is 1.83 bits per heavy atom. The summed E-state index contributed by atoms with van der Waals surface area (Å²) in [6.45, 7) is 4.67. The van der Waals surface area contributed by atoms with Crippen molar-refractivity contribution in [2.75, 3.05) is 17.1 Å². The predicted octanol–water partition coefficient (Wildman–Crippen LogP) is 3.03. The fourth-order valence-electron chi connectivity index (χ4n) is 2.50. The molecule has 0 saturated carbocycles. The van der Waals surface area contributed by atoms with Crippen molar-refractivity contribution in [1.82, 2.24) is 5.32 Å². The van der Waals surface area contributed by atoms with Crippen LogP contribution in [0.25, 0.3) is 0 Å². The van der Waals surface area contributed by atoms with Crippen molar-refractivity contribution in [3.05, 3.63) is 46.4 Å². The van der Waals surface area contributed by atoms with Crippen molar-refractivity contribution < 1.29 is 22.7 Å². The van der Waals surface area contributed by atoms with Gasteiger partial charge in [-0.15, -0.1) is 0 Å². The number of rotatable bonds is 7. The van der Waals surface area contributed by atoms with Gasteiger partial charge in [0.25, 0.3) is 10.0 Å². The lowest BCUT2D eigenvalue weighted by Crippen LogP contribution is -2.40. The van der Waals surface area contributed by atoms with Gasteiger partial charge in [0.15, 0.2) is 0 Å². The van der Waals surface area contributed by atoms with Gasteiger partial charge in [-0.3, -0.25) is 14.3 Å². The maximum atomic E-state index is 13.0. The molecule has 2 aromatic rings. The lowest BCUT2D eigenvalue weighted by molar-refractivity contribution is -0.124. The molecule has 0 heterocycles. The van der Waals surface area contributed by atoms with Crippen molar-refractivity contribution in [2.24, 2.45) is 0 Å². The average Bonchev–Trinajstić information content (AvgIpc) is 2.64. The number of carbonyl (C=O) groups excluding carboxylic acids is 2. The second-order valence-electron chi connectivity index (χ2n) is 6.37. The van der Waals surface area contributed by atoms with Gasteiger partial charge in [0.1, 0.15) is 16.7 Å². The van der Waals surface area contributed by atoms with Crippen LogP contribution in [-0.4, -0.2) is 33.4 Å². The van der Waals surface area contributed by atoms with Gasteiger partial charge in [-0.05, 0) is 65.7 Å². The van der Waals surface area contributed by atoms with Crippen molar-refractivity contribution >= 4 is 49.1 Å². The Morgan fingerprint density at radius 3 is 2.45 bits per heavy atom. The number of amides is 2. The summed E-state index contributed by atoms with van der Waals surface area (Å²) in [6.07, 6.45) is 0. The van der Waals surface area contributed by atoms with Gasteiger partial charge in [0, 0.05) is 17.1 Å². The Kier molecular flexibility index (Phi) is 7.26. The SMILES string of the molecule is COc1ccc(NC(=O)C(C)NC(C)=O)cc1S(=O)(=O)Nc1cc(C)ccc1Br. The van der Waals surface area contributed by atoms with Crippen LogP contribution < -0.4 is 20.1 Å². The highest BCUT2D eigenvalue weighted by molar-refractivity contribution is 9.10. The number of ether oxygens (including phenoxy) is 1. The van der Waals surface area contributed by atoms with Gasteiger partial charge in [0.2, 0.25) is 11.8 Å². The first-order chi connectivity index (χ1) is 13.5. The predicted molar refractivity (Wildman–Crippen MR) is 115 cm³/mol. The largest absolute Gasteiger partial charge is 0.495 e. The molecule has 0 bridgehead atoms. The smallest absolute Gasteiger partial charge is 0.265 e. The molecule has 0 saturated heterocycles. The molecule has 0 fully saturated rings. The third-order valence-electron chi connectivity index (χ3n) is 3.90. The Balaban J connectivity index is 2.35. The van der Waals surface area contributed by atoms with E-state index in [-0.39, 0.29) is 22.2 Å². The van der Waals surface area contributed by atoms with Crippen molar-refractivity contribution in [1.29, 1.82) is 0 Å². The van der Waals surface area contributed by atoms with Gasteiger partial charge in [-0.1, -0.05) is 6.07 Å². The molecule has 1 atom stereocenters. The number of benzene rings is 2. The van der Waals surface area contributed by atoms with Crippen LogP contribution in [0.5, 0.6) is 5.75 Å². The van der Waals surface area contributed by atoms with Crippen LogP contribution in [0.15, 0.2) is 45.8 Å². The fourth-order valence-corrected chi connectivity index (χ4v) is 4.25. The van der Waals surface area contributed by atoms with E-state index in [0.29, 0.717) is 10.2 Å². The molecule has 8 nitrogen and oxygen atoms in total. The molecule has 0 aliphatic rings. The summed E-state index contributed by atoms with van der Waals surface area (Å²) in [4.78, 5) is 23.2. The standard InChI is InChI=1S/C19H22BrN3O5S/c1-11-5-7-15(20)16(9-11)23-29(26,27)18-10-14(6-8-17(18)28-4)22-19(25)12(2)21-13(3)24/h5-10,12,23H,1-4H3,(H,21,24)(H,22,25). The first kappa shape index (κ1) is 22.7. The molecule has 0 spiro atoms. The molecule has 156 valence electrons. The minimum absolute atomic E-state index is 0.120. The van der Waals surface area contributed by atoms with Crippen molar-refractivity contribution in [3.8, 4) is 5.75 Å². The summed E-state index contributed by atoms with van der Waals surface area (Å²) >= 11 is 3.32. The minimum Gasteiger partial charge on any atom is -0.495 e. The summed E-state index contributed by atoms with van der Waals surface area (Å²) in [6, 6.07) is 8.74. The molecule has 29 heavy (non-hydrogen) atoms. The number of aryl methyl sites for hydroxylation is 1. The van der Waals surface area contributed by atoms with E-state index in [1.54, 1.807) is 12.1 Å². The van der Waals surface area contributed by atoms with Gasteiger partial charge in [-0.25, -0.2) is 8.42 Å². The van der Waals surface area contributed by atoms with Crippen LogP contribution >= 0.6 is 15.9 Å². The second kappa shape index (κ2) is 9.27. The van der Waals surface area contributed by atoms with Gasteiger partial charge in [-0.2, -0.15) is 0 Å². The molecule has 2 rings (SSSR count). The summed E-state index contributed by atoms with van der Waals surface area (Å²) in [5, 5.41) is 5.05. The van der Waals surface area contributed by atoms with E-state index in [2.05, 4.69) is 31.3 Å². The summed E-state index contributed by atoms with van der Waals surface area (Å²) in [7, 11) is -2.66. The number of nitrogens with one attached hydrogen (secondary N) is 3. The van der Waals surface area contributed by atoms with E-state index in [1.807, 2.05) is 13.0 Å². The fraction of sp³-hybridized carbons (Fsp3) is 0.263. The summed E-state index contributed by atoms with van der Waals surface area (Å²) < 4.78 is 34.2. The van der Waals surface area contributed by atoms with Crippen molar-refractivity contribution in [3.63, 3.8) is 0 Å². The lowest BCUT2D eigenvalue weighted by Gasteiger charge is -2.16. The molecule has 2 amide bonds. The Bertz CT molecular complexity index is 1040. The Hall–Kier alpha value is -2.59. The van der Waals surface area contributed by atoms with Crippen LogP contribution in [0.4, 0.5) is 11.4 Å². The van der Waals surface area contributed by atoms with Crippen LogP contribution in [0, 0.1) is 6.92 Å².